The van der Waals surface area contributed by atoms with Gasteiger partial charge in [0.15, 0.2) is 5.13 Å². The van der Waals surface area contributed by atoms with Crippen LogP contribution in [0, 0.1) is 0 Å². The Kier molecular flexibility index (Phi) is 3.57. The lowest BCUT2D eigenvalue weighted by Gasteiger charge is -2.15. The molecule has 0 radical (unpaired) electrons. The molecular formula is C14H14N4O2S. The minimum Gasteiger partial charge on any atom is -0.312 e. The van der Waals surface area contributed by atoms with E-state index in [4.69, 9.17) is 0 Å². The second-order valence-electron chi connectivity index (χ2n) is 4.68. The van der Waals surface area contributed by atoms with Gasteiger partial charge in [-0.25, -0.2) is 9.78 Å². The van der Waals surface area contributed by atoms with Gasteiger partial charge < -0.3 is 10.2 Å². The summed E-state index contributed by atoms with van der Waals surface area (Å²) in [5.41, 5.74) is 2.69. The quantitative estimate of drug-likeness (QED) is 0.895. The number of nitrogens with one attached hydrogen (secondary N) is 2. The Bertz CT molecular complexity index is 684. The average molecular weight is 302 g/mol. The Morgan fingerprint density at radius 3 is 2.90 bits per heavy atom. The number of anilines is 3. The van der Waals surface area contributed by atoms with Crippen molar-refractivity contribution in [2.75, 3.05) is 22.1 Å². The summed E-state index contributed by atoms with van der Waals surface area (Å²) in [6.07, 6.45) is 2.44. The van der Waals surface area contributed by atoms with Crippen LogP contribution in [0.25, 0.3) is 0 Å². The maximum atomic E-state index is 11.8. The van der Waals surface area contributed by atoms with Crippen LogP contribution in [0.4, 0.5) is 21.3 Å². The molecule has 2 N–H and O–H groups in total. The number of thiazole rings is 1. The molecule has 108 valence electrons. The third-order valence-corrected chi connectivity index (χ3v) is 3.95. The van der Waals surface area contributed by atoms with Gasteiger partial charge in [0.05, 0.1) is 0 Å². The van der Waals surface area contributed by atoms with E-state index in [1.54, 1.807) is 29.5 Å². The van der Waals surface area contributed by atoms with Gasteiger partial charge in [-0.2, -0.15) is 0 Å². The molecule has 1 aromatic carbocycles. The highest BCUT2D eigenvalue weighted by molar-refractivity contribution is 7.13. The second-order valence-corrected chi connectivity index (χ2v) is 5.58. The summed E-state index contributed by atoms with van der Waals surface area (Å²) in [6.45, 7) is 2.25. The predicted octanol–water partition coefficient (Wildman–Crippen LogP) is 2.70. The molecule has 1 aliphatic rings. The van der Waals surface area contributed by atoms with Crippen molar-refractivity contribution in [1.29, 1.82) is 0 Å². The Morgan fingerprint density at radius 2 is 2.19 bits per heavy atom. The van der Waals surface area contributed by atoms with Gasteiger partial charge in [0.1, 0.15) is 0 Å². The van der Waals surface area contributed by atoms with Gasteiger partial charge in [-0.3, -0.25) is 10.1 Å². The molecule has 0 saturated carbocycles. The summed E-state index contributed by atoms with van der Waals surface area (Å²) in [6, 6.07) is 5.23. The van der Waals surface area contributed by atoms with E-state index in [2.05, 4.69) is 15.6 Å². The van der Waals surface area contributed by atoms with E-state index in [9.17, 15) is 9.59 Å². The van der Waals surface area contributed by atoms with Gasteiger partial charge in [-0.05, 0) is 30.2 Å². The highest BCUT2D eigenvalue weighted by atomic mass is 32.1. The molecule has 0 unspecified atom stereocenters. The number of hydrogen-bond acceptors (Lipinski definition) is 4. The summed E-state index contributed by atoms with van der Waals surface area (Å²) < 4.78 is 0. The first-order chi connectivity index (χ1) is 10.1. The van der Waals surface area contributed by atoms with Crippen LogP contribution in [-0.4, -0.2) is 23.5 Å². The van der Waals surface area contributed by atoms with Crippen LogP contribution in [0.5, 0.6) is 0 Å². The Balaban J connectivity index is 1.70. The SMILES string of the molecule is CC(=O)N1CCc2cc(NC(=O)Nc3nccs3)ccc21. The Labute approximate surface area is 125 Å². The highest BCUT2D eigenvalue weighted by Gasteiger charge is 2.22. The number of urea groups is 1. The molecule has 2 heterocycles. The van der Waals surface area contributed by atoms with Crippen LogP contribution >= 0.6 is 11.3 Å². The largest absolute Gasteiger partial charge is 0.325 e. The van der Waals surface area contributed by atoms with Crippen molar-refractivity contribution in [3.05, 3.63) is 35.3 Å². The van der Waals surface area contributed by atoms with Crippen LogP contribution in [0.15, 0.2) is 29.8 Å². The Morgan fingerprint density at radius 1 is 1.33 bits per heavy atom. The van der Waals surface area contributed by atoms with Crippen LogP contribution in [0.3, 0.4) is 0 Å². The maximum absolute atomic E-state index is 11.8. The summed E-state index contributed by atoms with van der Waals surface area (Å²) in [7, 11) is 0. The lowest BCUT2D eigenvalue weighted by molar-refractivity contribution is -0.116. The van der Waals surface area contributed by atoms with Crippen LogP contribution in [-0.2, 0) is 11.2 Å². The van der Waals surface area contributed by atoms with Crippen molar-refractivity contribution >= 4 is 39.8 Å². The normalized spacial score (nSPS) is 12.9. The van der Waals surface area contributed by atoms with Crippen LogP contribution < -0.4 is 15.5 Å². The molecule has 6 nitrogen and oxygen atoms in total. The molecule has 2 aromatic rings. The molecular weight excluding hydrogens is 288 g/mol. The second kappa shape index (κ2) is 5.53. The molecule has 21 heavy (non-hydrogen) atoms. The number of nitrogens with zero attached hydrogens (tertiary/aromatic N) is 2. The molecule has 0 spiro atoms. The number of rotatable bonds is 2. The molecule has 7 heteroatoms. The molecule has 0 atom stereocenters. The van der Waals surface area contributed by atoms with Crippen molar-refractivity contribution in [2.24, 2.45) is 0 Å². The van der Waals surface area contributed by atoms with E-state index in [1.807, 2.05) is 12.1 Å². The molecule has 0 fully saturated rings. The maximum Gasteiger partial charge on any atom is 0.325 e. The first-order valence-electron chi connectivity index (χ1n) is 6.52. The minimum absolute atomic E-state index is 0.0379. The molecule has 3 amide bonds. The van der Waals surface area contributed by atoms with Crippen molar-refractivity contribution in [3.8, 4) is 0 Å². The zero-order valence-corrected chi connectivity index (χ0v) is 12.2. The number of fused-ring (bicyclic) bond motifs is 1. The summed E-state index contributed by atoms with van der Waals surface area (Å²) in [5, 5.41) is 7.77. The van der Waals surface area contributed by atoms with Crippen LogP contribution in [0.1, 0.15) is 12.5 Å². The molecule has 3 rings (SSSR count). The topological polar surface area (TPSA) is 74.3 Å². The summed E-state index contributed by atoms with van der Waals surface area (Å²) in [5.74, 6) is 0.0379. The lowest BCUT2D eigenvalue weighted by Crippen LogP contribution is -2.25. The van der Waals surface area contributed by atoms with Gasteiger partial charge in [0, 0.05) is 36.4 Å². The van der Waals surface area contributed by atoms with Crippen LogP contribution in [0.2, 0.25) is 0 Å². The first kappa shape index (κ1) is 13.6. The number of carbonyl (C=O) groups excluding carboxylic acids is 2. The molecule has 1 aromatic heterocycles. The average Bonchev–Trinajstić information content (AvgIpc) is 3.06. The summed E-state index contributed by atoms with van der Waals surface area (Å²) in [4.78, 5) is 29.1. The van der Waals surface area contributed by atoms with E-state index in [0.717, 1.165) is 17.7 Å². The zero-order valence-electron chi connectivity index (χ0n) is 11.4. The van der Waals surface area contributed by atoms with Gasteiger partial charge in [-0.1, -0.05) is 0 Å². The fourth-order valence-corrected chi connectivity index (χ4v) is 2.88. The highest BCUT2D eigenvalue weighted by Crippen LogP contribution is 2.30. The first-order valence-corrected chi connectivity index (χ1v) is 7.40. The lowest BCUT2D eigenvalue weighted by atomic mass is 10.1. The standard InChI is InChI=1S/C14H14N4O2S/c1-9(19)18-6-4-10-8-11(2-3-12(10)18)16-13(20)17-14-15-5-7-21-14/h2-3,5,7-8H,4,6H2,1H3,(H2,15,16,17,20). The number of benzene rings is 1. The third-order valence-electron chi connectivity index (χ3n) is 3.27. The predicted molar refractivity (Wildman–Crippen MR) is 82.9 cm³/mol. The number of amides is 3. The van der Waals surface area contributed by atoms with Gasteiger partial charge in [0.2, 0.25) is 5.91 Å². The van der Waals surface area contributed by atoms with E-state index < -0.39 is 0 Å². The van der Waals surface area contributed by atoms with Crippen molar-refractivity contribution in [3.63, 3.8) is 0 Å². The van der Waals surface area contributed by atoms with E-state index >= 15 is 0 Å². The molecule has 0 saturated heterocycles. The molecule has 1 aliphatic heterocycles. The fraction of sp³-hybridized carbons (Fsp3) is 0.214. The number of aromatic nitrogens is 1. The number of carbonyl (C=O) groups is 2. The van der Waals surface area contributed by atoms with Crippen molar-refractivity contribution in [2.45, 2.75) is 13.3 Å². The zero-order chi connectivity index (χ0) is 14.8. The van der Waals surface area contributed by atoms with E-state index in [1.165, 1.54) is 11.3 Å². The smallest absolute Gasteiger partial charge is 0.312 e. The molecule has 0 aliphatic carbocycles. The van der Waals surface area contributed by atoms with Gasteiger partial charge in [-0.15, -0.1) is 11.3 Å². The van der Waals surface area contributed by atoms with Crippen molar-refractivity contribution in [1.82, 2.24) is 4.98 Å². The molecule has 0 bridgehead atoms. The van der Waals surface area contributed by atoms with E-state index in [0.29, 0.717) is 17.4 Å². The fourth-order valence-electron chi connectivity index (χ4n) is 2.35. The monoisotopic (exact) mass is 302 g/mol. The van der Waals surface area contributed by atoms with Crippen molar-refractivity contribution < 1.29 is 9.59 Å². The minimum atomic E-state index is -0.327. The van der Waals surface area contributed by atoms with Gasteiger partial charge in [0.25, 0.3) is 0 Å². The summed E-state index contributed by atoms with van der Waals surface area (Å²) >= 11 is 1.36. The number of hydrogen-bond donors (Lipinski definition) is 2. The Hall–Kier alpha value is -2.41. The third kappa shape index (κ3) is 2.87. The van der Waals surface area contributed by atoms with E-state index in [-0.39, 0.29) is 11.9 Å². The van der Waals surface area contributed by atoms with Gasteiger partial charge >= 0.3 is 6.03 Å².